The van der Waals surface area contributed by atoms with Crippen LogP contribution in [0.1, 0.15) is 0 Å². The minimum absolute atomic E-state index is 0.0881. The van der Waals surface area contributed by atoms with Crippen LogP contribution in [0.2, 0.25) is 0 Å². The summed E-state index contributed by atoms with van der Waals surface area (Å²) in [5, 5.41) is -1.76. The molecule has 0 aliphatic heterocycles. The summed E-state index contributed by atoms with van der Waals surface area (Å²) < 4.78 is 52.9. The summed E-state index contributed by atoms with van der Waals surface area (Å²) in [7, 11) is -7.44. The largest absolute Gasteiger partial charge is 0.401 e. The normalized spacial score (nSPS) is 21.1. The Labute approximate surface area is 94.0 Å². The zero-order chi connectivity index (χ0) is 12.5. The van der Waals surface area contributed by atoms with E-state index in [2.05, 4.69) is 6.58 Å². The Hall–Kier alpha value is -1.38. The summed E-state index contributed by atoms with van der Waals surface area (Å²) in [5.41, 5.74) is 5.19. The van der Waals surface area contributed by atoms with Gasteiger partial charge in [-0.1, -0.05) is 18.7 Å². The molecule has 0 spiro atoms. The smallest absolute Gasteiger partial charge is 0.278 e. The summed E-state index contributed by atoms with van der Waals surface area (Å²) >= 11 is 0. The van der Waals surface area contributed by atoms with E-state index in [1.165, 1.54) is 18.2 Å². The molecule has 0 saturated heterocycles. The molecule has 0 radical (unpaired) electrons. The second kappa shape index (κ2) is 4.24. The monoisotopic (exact) mass is 263 g/mol. The van der Waals surface area contributed by atoms with Crippen molar-refractivity contribution < 1.29 is 21.4 Å². The van der Waals surface area contributed by atoms with E-state index in [0.29, 0.717) is 0 Å². The molecule has 1 unspecified atom stereocenters. The first kappa shape index (κ1) is 12.7. The van der Waals surface area contributed by atoms with Crippen molar-refractivity contribution in [1.29, 1.82) is 0 Å². The van der Waals surface area contributed by atoms with Gasteiger partial charge in [0.15, 0.2) is 5.25 Å². The summed E-state index contributed by atoms with van der Waals surface area (Å²) in [5.74, 6) is 0. The lowest BCUT2D eigenvalue weighted by Crippen LogP contribution is -2.38. The Bertz CT molecular complexity index is 613. The molecule has 0 amide bonds. The van der Waals surface area contributed by atoms with Crippen molar-refractivity contribution in [2.75, 3.05) is 0 Å². The van der Waals surface area contributed by atoms with Gasteiger partial charge in [-0.3, -0.25) is 4.55 Å². The fourth-order valence-electron chi connectivity index (χ4n) is 1.32. The molecule has 3 N–H and O–H groups in total. The lowest BCUT2D eigenvalue weighted by Gasteiger charge is -2.18. The Morgan fingerprint density at radius 3 is 2.38 bits per heavy atom. The molecule has 0 saturated carbocycles. The molecule has 1 aliphatic rings. The van der Waals surface area contributed by atoms with Crippen molar-refractivity contribution in [3.8, 4) is 0 Å². The van der Waals surface area contributed by atoms with E-state index in [4.69, 9.17) is 10.3 Å². The van der Waals surface area contributed by atoms with Crippen molar-refractivity contribution in [2.45, 2.75) is 5.25 Å². The van der Waals surface area contributed by atoms with Crippen LogP contribution in [0.5, 0.6) is 0 Å². The van der Waals surface area contributed by atoms with Gasteiger partial charge in [0.1, 0.15) is 4.86 Å². The lowest BCUT2D eigenvalue weighted by molar-refractivity contribution is 0.481. The molecule has 0 aromatic rings. The molecule has 1 rings (SSSR count). The van der Waals surface area contributed by atoms with Crippen LogP contribution in [-0.2, 0) is 20.4 Å². The fourth-order valence-corrected chi connectivity index (χ4v) is 3.40. The number of rotatable bonds is 2. The average Bonchev–Trinajstić information content (AvgIpc) is 2.15. The predicted molar refractivity (Wildman–Crippen MR) is 59.8 cm³/mol. The van der Waals surface area contributed by atoms with Gasteiger partial charge < -0.3 is 5.73 Å². The molecule has 8 heteroatoms. The summed E-state index contributed by atoms with van der Waals surface area (Å²) in [6, 6.07) is 0. The topological polar surface area (TPSA) is 115 Å². The third kappa shape index (κ3) is 2.23. The molecule has 1 aliphatic carbocycles. The summed E-state index contributed by atoms with van der Waals surface area (Å²) in [6.07, 6.45) is 3.70. The van der Waals surface area contributed by atoms with E-state index in [1.807, 2.05) is 0 Å². The van der Waals surface area contributed by atoms with Crippen LogP contribution in [0, 0.1) is 0 Å². The Balaban J connectivity index is 3.64. The van der Waals surface area contributed by atoms with Crippen molar-refractivity contribution in [3.63, 3.8) is 0 Å². The van der Waals surface area contributed by atoms with Gasteiger partial charge in [0, 0.05) is 5.70 Å². The third-order valence-electron chi connectivity index (χ3n) is 1.98. The minimum atomic E-state index is -4.62. The number of nitrogens with two attached hydrogens (primary N) is 1. The van der Waals surface area contributed by atoms with Gasteiger partial charge >= 0.3 is 0 Å². The molecule has 0 aromatic heterocycles. The Kier molecular flexibility index (Phi) is 3.36. The van der Waals surface area contributed by atoms with Crippen LogP contribution in [0.3, 0.4) is 0 Å². The first-order valence-electron chi connectivity index (χ1n) is 4.01. The highest BCUT2D eigenvalue weighted by molar-refractivity contribution is 7.89. The maximum absolute atomic E-state index is 11.1. The van der Waals surface area contributed by atoms with Crippen molar-refractivity contribution in [2.24, 2.45) is 5.73 Å². The highest BCUT2D eigenvalue weighted by Gasteiger charge is 2.35. The van der Waals surface area contributed by atoms with E-state index < -0.39 is 30.5 Å². The van der Waals surface area contributed by atoms with E-state index in [9.17, 15) is 16.8 Å². The zero-order valence-corrected chi connectivity index (χ0v) is 9.62. The van der Waals surface area contributed by atoms with Crippen LogP contribution >= 0.6 is 0 Å². The second-order valence-electron chi connectivity index (χ2n) is 2.99. The molecule has 16 heavy (non-hydrogen) atoms. The van der Waals surface area contributed by atoms with Crippen LogP contribution in [-0.4, -0.2) is 31.5 Å². The molecule has 0 bridgehead atoms. The van der Waals surface area contributed by atoms with Gasteiger partial charge in [0.2, 0.25) is 10.3 Å². The van der Waals surface area contributed by atoms with Crippen molar-refractivity contribution in [1.82, 2.24) is 0 Å². The van der Waals surface area contributed by atoms with Crippen molar-refractivity contribution >= 4 is 25.3 Å². The van der Waals surface area contributed by atoms with E-state index in [-0.39, 0.29) is 11.3 Å². The standard InChI is InChI=1S/C8H9NO5S2/c1-2-5-3-4-6(9)8(16(12,13)14)7(5)15(10)11/h2-4,8H,1,9H2,(H,12,13,14). The summed E-state index contributed by atoms with van der Waals surface area (Å²) in [6.45, 7) is 3.35. The molecular formula is C8H9NO5S2. The highest BCUT2D eigenvalue weighted by atomic mass is 32.2. The molecule has 88 valence electrons. The maximum atomic E-state index is 11.1. The maximum Gasteiger partial charge on any atom is 0.278 e. The molecule has 0 aromatic carbocycles. The summed E-state index contributed by atoms with van der Waals surface area (Å²) in [4.78, 5) is -0.502. The van der Waals surface area contributed by atoms with E-state index >= 15 is 0 Å². The zero-order valence-electron chi connectivity index (χ0n) is 7.99. The number of hydrogen-bond acceptors (Lipinski definition) is 5. The first-order valence-corrected chi connectivity index (χ1v) is 6.59. The van der Waals surface area contributed by atoms with Gasteiger partial charge in [0.05, 0.1) is 0 Å². The first-order chi connectivity index (χ1) is 7.29. The molecule has 6 nitrogen and oxygen atoms in total. The molecule has 0 heterocycles. The number of hydrogen-bond donors (Lipinski definition) is 2. The van der Waals surface area contributed by atoms with Gasteiger partial charge in [-0.2, -0.15) is 16.8 Å². The van der Waals surface area contributed by atoms with Crippen LogP contribution < -0.4 is 5.73 Å². The van der Waals surface area contributed by atoms with E-state index in [0.717, 1.165) is 0 Å². The quantitative estimate of drug-likeness (QED) is 0.501. The molecule has 1 atom stereocenters. The SMILES string of the molecule is C=CC1=CC=C(N)C(S(=O)(=O)O)C1=S(=O)=O. The molecule has 0 fully saturated rings. The average molecular weight is 263 g/mol. The van der Waals surface area contributed by atoms with Crippen LogP contribution in [0.15, 0.2) is 36.1 Å². The molecular weight excluding hydrogens is 254 g/mol. The van der Waals surface area contributed by atoms with Gasteiger partial charge in [-0.05, 0) is 11.6 Å². The van der Waals surface area contributed by atoms with E-state index in [1.54, 1.807) is 0 Å². The van der Waals surface area contributed by atoms with Gasteiger partial charge in [0.25, 0.3) is 10.1 Å². The lowest BCUT2D eigenvalue weighted by atomic mass is 10.0. The number of allylic oxidation sites excluding steroid dienone is 4. The van der Waals surface area contributed by atoms with Crippen LogP contribution in [0.4, 0.5) is 0 Å². The fraction of sp³-hybridized carbons (Fsp3) is 0.125. The van der Waals surface area contributed by atoms with Crippen molar-refractivity contribution in [3.05, 3.63) is 36.1 Å². The predicted octanol–water partition coefficient (Wildman–Crippen LogP) is -0.737. The third-order valence-corrected chi connectivity index (χ3v) is 4.06. The van der Waals surface area contributed by atoms with Gasteiger partial charge in [-0.25, -0.2) is 0 Å². The van der Waals surface area contributed by atoms with Gasteiger partial charge in [-0.15, -0.1) is 0 Å². The Morgan fingerprint density at radius 1 is 1.44 bits per heavy atom. The van der Waals surface area contributed by atoms with Crippen LogP contribution in [0.25, 0.3) is 0 Å². The Morgan fingerprint density at radius 2 is 2.00 bits per heavy atom. The highest BCUT2D eigenvalue weighted by Crippen LogP contribution is 2.19. The minimum Gasteiger partial charge on any atom is -0.401 e. The second-order valence-corrected chi connectivity index (χ2v) is 5.40.